The number of fused-ring (bicyclic) bond motifs is 7. The summed E-state index contributed by atoms with van der Waals surface area (Å²) in [6.45, 7) is 0. The Kier molecular flexibility index (Phi) is 8.76. The summed E-state index contributed by atoms with van der Waals surface area (Å²) >= 11 is 0. The lowest BCUT2D eigenvalue weighted by Crippen LogP contribution is -2.40. The zero-order chi connectivity index (χ0) is 40.4. The zero-order valence-corrected chi connectivity index (χ0v) is 34.1. The number of hydrogen-bond acceptors (Lipinski definition) is 3. The van der Waals surface area contributed by atoms with Gasteiger partial charge in [-0.15, -0.1) is 0 Å². The van der Waals surface area contributed by atoms with E-state index in [-0.39, 0.29) is 29.9 Å². The first-order valence-electron chi connectivity index (χ1n) is 22.1. The van der Waals surface area contributed by atoms with Gasteiger partial charge in [0.15, 0.2) is 0 Å². The van der Waals surface area contributed by atoms with Crippen molar-refractivity contribution in [3.05, 3.63) is 203 Å². The molecule has 1 N–H and O–H groups in total. The Morgan fingerprint density at radius 3 is 2.46 bits per heavy atom. The minimum absolute atomic E-state index is 0.00989. The van der Waals surface area contributed by atoms with Gasteiger partial charge in [0.05, 0.1) is 17.6 Å². The van der Waals surface area contributed by atoms with Crippen LogP contribution >= 0.6 is 0 Å². The molecule has 4 nitrogen and oxygen atoms in total. The van der Waals surface area contributed by atoms with Crippen molar-refractivity contribution < 1.29 is 4.39 Å². The maximum atomic E-state index is 14.5. The summed E-state index contributed by atoms with van der Waals surface area (Å²) in [5, 5.41) is 5.03. The fourth-order valence-corrected chi connectivity index (χ4v) is 10.8. The zero-order valence-electron chi connectivity index (χ0n) is 34.1. The lowest BCUT2D eigenvalue weighted by Gasteiger charge is -2.35. The van der Waals surface area contributed by atoms with Crippen molar-refractivity contribution in [2.75, 3.05) is 10.2 Å². The van der Waals surface area contributed by atoms with Gasteiger partial charge in [0.25, 0.3) is 0 Å². The highest BCUT2D eigenvalue weighted by Gasteiger charge is 2.38. The maximum Gasteiger partial charge on any atom is 0.109 e. The Labute approximate surface area is 357 Å². The summed E-state index contributed by atoms with van der Waals surface area (Å²) in [7, 11) is 0. The summed E-state index contributed by atoms with van der Waals surface area (Å²) in [5.74, 6) is 1.12. The second-order valence-electron chi connectivity index (χ2n) is 17.3. The molecule has 2 aliphatic heterocycles. The molecule has 0 radical (unpaired) electrons. The molecular formula is C56H47FN4. The second kappa shape index (κ2) is 14.8. The van der Waals surface area contributed by atoms with E-state index in [1.54, 1.807) is 6.08 Å². The number of aliphatic imine (C=N–C) groups is 1. The van der Waals surface area contributed by atoms with Gasteiger partial charge in [-0.25, -0.2) is 4.39 Å². The highest BCUT2D eigenvalue weighted by atomic mass is 19.1. The number of amidine groups is 1. The van der Waals surface area contributed by atoms with Crippen molar-refractivity contribution >= 4 is 51.0 Å². The Morgan fingerprint density at radius 2 is 1.59 bits per heavy atom. The van der Waals surface area contributed by atoms with Gasteiger partial charge in [0.1, 0.15) is 17.7 Å². The molecule has 0 spiro atoms. The minimum Gasteiger partial charge on any atom is -0.357 e. The van der Waals surface area contributed by atoms with E-state index in [2.05, 4.69) is 173 Å². The van der Waals surface area contributed by atoms with Gasteiger partial charge in [-0.2, -0.15) is 0 Å². The van der Waals surface area contributed by atoms with E-state index in [1.807, 2.05) is 6.08 Å². The van der Waals surface area contributed by atoms with Crippen LogP contribution in [0.15, 0.2) is 175 Å². The first kappa shape index (κ1) is 36.2. The summed E-state index contributed by atoms with van der Waals surface area (Å²) in [4.78, 5) is 7.88. The van der Waals surface area contributed by atoms with E-state index in [0.29, 0.717) is 6.42 Å². The van der Waals surface area contributed by atoms with Crippen LogP contribution in [-0.4, -0.2) is 22.5 Å². The van der Waals surface area contributed by atoms with E-state index in [4.69, 9.17) is 4.99 Å². The van der Waals surface area contributed by atoms with E-state index in [1.165, 1.54) is 78.1 Å². The van der Waals surface area contributed by atoms with Gasteiger partial charge in [-0.3, -0.25) is 4.99 Å². The Bertz CT molecular complexity index is 2960. The molecule has 61 heavy (non-hydrogen) atoms. The maximum absolute atomic E-state index is 14.5. The average Bonchev–Trinajstić information content (AvgIpc) is 3.84. The second-order valence-corrected chi connectivity index (χ2v) is 17.3. The number of halogens is 1. The van der Waals surface area contributed by atoms with Crippen molar-refractivity contribution in [1.82, 2.24) is 4.57 Å². The van der Waals surface area contributed by atoms with Gasteiger partial charge >= 0.3 is 0 Å². The largest absolute Gasteiger partial charge is 0.357 e. The third-order valence-corrected chi connectivity index (χ3v) is 13.8. The van der Waals surface area contributed by atoms with Crippen LogP contribution in [0.2, 0.25) is 0 Å². The first-order valence-corrected chi connectivity index (χ1v) is 22.1. The van der Waals surface area contributed by atoms with E-state index in [0.717, 1.165) is 50.0 Å². The Hall–Kier alpha value is -6.72. The quantitative estimate of drug-likeness (QED) is 0.186. The molecule has 5 aliphatic carbocycles. The molecule has 7 aliphatic rings. The third kappa shape index (κ3) is 6.20. The number of allylic oxidation sites excluding steroid dienone is 12. The number of nitrogens with one attached hydrogen (secondary N) is 1. The van der Waals surface area contributed by atoms with Crippen LogP contribution in [0.5, 0.6) is 0 Å². The topological polar surface area (TPSA) is 32.6 Å². The minimum atomic E-state index is -0.0554. The normalized spacial score (nSPS) is 23.3. The van der Waals surface area contributed by atoms with E-state index in [9.17, 15) is 4.39 Å². The lowest BCUT2D eigenvalue weighted by atomic mass is 9.90. The standard InChI is InChI=1S/C56H47FN4/c57-42-13-10-14-44(35-42)61-52-20-9-6-16-46(52)49-34-41(28-32-54(49)61)40-27-31-53-48(33-40)45-15-5-8-19-51(45)60(53)43-29-25-39(26-30-43)56-58-50-18-7-4-17-47(50)55(59-56)38-23-21-37(22-24-38)36-11-2-1-3-12-36/h1-2,4-7,9-11,13-18,21-25,27-34,39,44,52,55H,3,8,12,19-20,26,35H2,(H,58,59). The van der Waals surface area contributed by atoms with Crippen molar-refractivity contribution in [2.45, 2.75) is 63.1 Å². The van der Waals surface area contributed by atoms with Crippen LogP contribution in [0.1, 0.15) is 78.1 Å². The van der Waals surface area contributed by atoms with Crippen molar-refractivity contribution in [2.24, 2.45) is 10.9 Å². The van der Waals surface area contributed by atoms with Crippen LogP contribution in [0, 0.1) is 5.92 Å². The summed E-state index contributed by atoms with van der Waals surface area (Å²) in [6, 6.07) is 31.8. The van der Waals surface area contributed by atoms with Gasteiger partial charge in [0.2, 0.25) is 0 Å². The fraction of sp³-hybridized carbons (Fsp3) is 0.196. The molecule has 0 saturated heterocycles. The number of nitrogens with zero attached hydrogens (tertiary/aromatic N) is 3. The number of aromatic nitrogens is 1. The molecule has 0 bridgehead atoms. The molecule has 298 valence electrons. The molecule has 5 aromatic rings. The van der Waals surface area contributed by atoms with E-state index >= 15 is 0 Å². The van der Waals surface area contributed by atoms with Crippen molar-refractivity contribution in [1.29, 1.82) is 0 Å². The fourth-order valence-electron chi connectivity index (χ4n) is 10.8. The number of rotatable bonds is 6. The summed E-state index contributed by atoms with van der Waals surface area (Å²) in [5.41, 5.74) is 17.7. The molecule has 0 fully saturated rings. The monoisotopic (exact) mass is 794 g/mol. The highest BCUT2D eigenvalue weighted by molar-refractivity contribution is 6.02. The summed E-state index contributed by atoms with van der Waals surface area (Å²) < 4.78 is 17.0. The van der Waals surface area contributed by atoms with Gasteiger partial charge in [-0.05, 0) is 114 Å². The molecular weight excluding hydrogens is 748 g/mol. The molecule has 0 amide bonds. The summed E-state index contributed by atoms with van der Waals surface area (Å²) in [6.07, 6.45) is 37.1. The highest BCUT2D eigenvalue weighted by Crippen LogP contribution is 2.48. The lowest BCUT2D eigenvalue weighted by molar-refractivity contribution is 0.532. The molecule has 4 unspecified atom stereocenters. The molecule has 4 atom stereocenters. The number of benzene rings is 4. The predicted octanol–water partition coefficient (Wildman–Crippen LogP) is 13.7. The molecule has 0 saturated carbocycles. The molecule has 3 heterocycles. The predicted molar refractivity (Wildman–Crippen MR) is 253 cm³/mol. The molecule has 1 aromatic heterocycles. The smallest absolute Gasteiger partial charge is 0.109 e. The SMILES string of the molecule is FC1=CC=CC(N2c3ccc(-c4ccc5c(c4)c4c(n5C5=CCC(C6=NC(c7ccc(C8=CC=CCC8)cc7)c7ccccc7N6)C=C5)CCC=C4)cc3C3=CC=CCC32)C1. The van der Waals surface area contributed by atoms with Crippen LogP contribution in [-0.2, 0) is 6.42 Å². The molecule has 12 rings (SSSR count). The van der Waals surface area contributed by atoms with Crippen LogP contribution in [0.3, 0.4) is 0 Å². The van der Waals surface area contributed by atoms with Gasteiger partial charge in [0, 0.05) is 57.2 Å². The van der Waals surface area contributed by atoms with Crippen LogP contribution in [0.4, 0.5) is 15.8 Å². The van der Waals surface area contributed by atoms with Crippen LogP contribution in [0.25, 0.3) is 44.9 Å². The number of para-hydroxylation sites is 1. The van der Waals surface area contributed by atoms with Crippen molar-refractivity contribution in [3.63, 3.8) is 0 Å². The molecule has 5 heteroatoms. The van der Waals surface area contributed by atoms with Crippen molar-refractivity contribution in [3.8, 4) is 11.1 Å². The first-order chi connectivity index (χ1) is 30.1. The Balaban J connectivity index is 0.849. The van der Waals surface area contributed by atoms with Gasteiger partial charge < -0.3 is 14.8 Å². The van der Waals surface area contributed by atoms with Crippen LogP contribution < -0.4 is 10.2 Å². The number of hydrogen-bond donors (Lipinski definition) is 1. The third-order valence-electron chi connectivity index (χ3n) is 13.8. The number of anilines is 2. The Morgan fingerprint density at radius 1 is 0.738 bits per heavy atom. The van der Waals surface area contributed by atoms with E-state index < -0.39 is 0 Å². The average molecular weight is 795 g/mol. The molecule has 4 aromatic carbocycles. The van der Waals surface area contributed by atoms with Gasteiger partial charge in [-0.1, -0.05) is 128 Å².